The number of nitrogens with one attached hydrogen (secondary N) is 1. The zero-order valence-corrected chi connectivity index (χ0v) is 16.6. The number of hydrogen-bond acceptors (Lipinski definition) is 3. The molecule has 1 N–H and O–H groups in total. The van der Waals surface area contributed by atoms with Gasteiger partial charge in [0.25, 0.3) is 0 Å². The highest BCUT2D eigenvalue weighted by Crippen LogP contribution is 2.12. The Morgan fingerprint density at radius 3 is 2.07 bits per heavy atom. The normalized spacial score (nSPS) is 13.1. The molecule has 0 aliphatic rings. The van der Waals surface area contributed by atoms with Crippen molar-refractivity contribution < 1.29 is 14.3 Å². The first-order chi connectivity index (χ1) is 12.8. The van der Waals surface area contributed by atoms with Crippen molar-refractivity contribution in [1.29, 1.82) is 0 Å². The molecule has 144 valence electrons. The lowest BCUT2D eigenvalue weighted by molar-refractivity contribution is -0.151. The van der Waals surface area contributed by atoms with Crippen LogP contribution in [0.15, 0.2) is 54.6 Å². The molecule has 4 nitrogen and oxygen atoms in total. The van der Waals surface area contributed by atoms with E-state index in [4.69, 9.17) is 4.74 Å². The molecule has 0 unspecified atom stereocenters. The zero-order valence-electron chi connectivity index (χ0n) is 16.6. The quantitative estimate of drug-likeness (QED) is 0.721. The Morgan fingerprint density at radius 2 is 1.48 bits per heavy atom. The number of aryl methyl sites for hydroxylation is 1. The van der Waals surface area contributed by atoms with E-state index in [0.29, 0.717) is 12.8 Å². The van der Waals surface area contributed by atoms with Gasteiger partial charge in [0.05, 0.1) is 6.10 Å². The van der Waals surface area contributed by atoms with E-state index in [1.165, 1.54) is 0 Å². The van der Waals surface area contributed by atoms with Crippen molar-refractivity contribution in [2.45, 2.75) is 52.7 Å². The van der Waals surface area contributed by atoms with Gasteiger partial charge in [-0.25, -0.2) is 4.79 Å². The minimum absolute atomic E-state index is 0.142. The van der Waals surface area contributed by atoms with Gasteiger partial charge in [-0.1, -0.05) is 67.1 Å². The highest BCUT2D eigenvalue weighted by molar-refractivity contribution is 5.86. The molecule has 2 rings (SSSR count). The highest BCUT2D eigenvalue weighted by atomic mass is 16.5. The van der Waals surface area contributed by atoms with Gasteiger partial charge >= 0.3 is 5.97 Å². The number of ether oxygens (including phenoxy) is 1. The van der Waals surface area contributed by atoms with Gasteiger partial charge in [-0.3, -0.25) is 4.79 Å². The Morgan fingerprint density at radius 1 is 0.889 bits per heavy atom. The van der Waals surface area contributed by atoms with Crippen molar-refractivity contribution in [2.24, 2.45) is 5.92 Å². The Balaban J connectivity index is 2.06. The number of rotatable bonds is 8. The van der Waals surface area contributed by atoms with Crippen LogP contribution in [0.2, 0.25) is 0 Å². The summed E-state index contributed by atoms with van der Waals surface area (Å²) in [5.41, 5.74) is 3.24. The second-order valence-corrected chi connectivity index (χ2v) is 7.33. The Kier molecular flexibility index (Phi) is 7.59. The van der Waals surface area contributed by atoms with Crippen molar-refractivity contribution in [1.82, 2.24) is 5.32 Å². The molecule has 0 bridgehead atoms. The molecule has 0 heterocycles. The van der Waals surface area contributed by atoms with Gasteiger partial charge in [-0.15, -0.1) is 0 Å². The Hall–Kier alpha value is -2.62. The molecule has 27 heavy (non-hydrogen) atoms. The molecule has 0 saturated carbocycles. The van der Waals surface area contributed by atoms with Crippen LogP contribution in [0.1, 0.15) is 37.5 Å². The van der Waals surface area contributed by atoms with Crippen LogP contribution >= 0.6 is 0 Å². The topological polar surface area (TPSA) is 55.4 Å². The summed E-state index contributed by atoms with van der Waals surface area (Å²) in [5, 5.41) is 2.89. The molecule has 0 fully saturated rings. The van der Waals surface area contributed by atoms with Crippen LogP contribution < -0.4 is 5.32 Å². The zero-order chi connectivity index (χ0) is 19.8. The molecular weight excluding hydrogens is 338 g/mol. The van der Waals surface area contributed by atoms with Crippen LogP contribution in [-0.2, 0) is 27.2 Å². The maximum absolute atomic E-state index is 12.7. The van der Waals surface area contributed by atoms with Crippen LogP contribution in [0, 0.1) is 12.8 Å². The molecule has 0 aliphatic heterocycles. The van der Waals surface area contributed by atoms with Crippen molar-refractivity contribution in [3.8, 4) is 0 Å². The summed E-state index contributed by atoms with van der Waals surface area (Å²) in [6.45, 7) is 7.50. The minimum atomic E-state index is -0.694. The van der Waals surface area contributed by atoms with Crippen LogP contribution in [0.3, 0.4) is 0 Å². The van der Waals surface area contributed by atoms with Gasteiger partial charge in [0.1, 0.15) is 6.04 Å². The van der Waals surface area contributed by atoms with Crippen LogP contribution in [0.25, 0.3) is 0 Å². The standard InChI is InChI=1S/C23H29NO3/c1-16(2)27-23(26)21(15-20-12-10-17(3)11-13-20)24-22(25)18(4)14-19-8-6-5-7-9-19/h5-13,16,18,21H,14-15H2,1-4H3,(H,24,25)/t18-,21+/m1/s1. The van der Waals surface area contributed by atoms with Crippen LogP contribution in [0.5, 0.6) is 0 Å². The highest BCUT2D eigenvalue weighted by Gasteiger charge is 2.26. The fourth-order valence-electron chi connectivity index (χ4n) is 2.84. The summed E-state index contributed by atoms with van der Waals surface area (Å²) in [7, 11) is 0. The van der Waals surface area contributed by atoms with E-state index in [1.54, 1.807) is 13.8 Å². The number of carbonyl (C=O) groups is 2. The number of esters is 1. The SMILES string of the molecule is Cc1ccc(C[C@H](NC(=O)[C@H](C)Cc2ccccc2)C(=O)OC(C)C)cc1. The van der Waals surface area contributed by atoms with E-state index in [2.05, 4.69) is 5.32 Å². The summed E-state index contributed by atoms with van der Waals surface area (Å²) >= 11 is 0. The van der Waals surface area contributed by atoms with Gasteiger partial charge in [0.2, 0.25) is 5.91 Å². The fourth-order valence-corrected chi connectivity index (χ4v) is 2.84. The summed E-state index contributed by atoms with van der Waals surface area (Å²) in [6, 6.07) is 17.1. The molecule has 0 aliphatic carbocycles. The van der Waals surface area contributed by atoms with Crippen molar-refractivity contribution in [3.05, 3.63) is 71.3 Å². The van der Waals surface area contributed by atoms with Gasteiger partial charge in [-0.05, 0) is 38.3 Å². The first-order valence-electron chi connectivity index (χ1n) is 9.45. The molecule has 0 aromatic heterocycles. The average Bonchev–Trinajstić information content (AvgIpc) is 2.63. The largest absolute Gasteiger partial charge is 0.461 e. The van der Waals surface area contributed by atoms with Gasteiger partial charge in [-0.2, -0.15) is 0 Å². The summed E-state index contributed by atoms with van der Waals surface area (Å²) in [4.78, 5) is 25.2. The number of amides is 1. The predicted molar refractivity (Wildman–Crippen MR) is 107 cm³/mol. The fraction of sp³-hybridized carbons (Fsp3) is 0.391. The molecule has 2 aromatic rings. The molecule has 1 amide bonds. The lowest BCUT2D eigenvalue weighted by Gasteiger charge is -2.21. The number of carbonyl (C=O) groups excluding carboxylic acids is 2. The van der Waals surface area contributed by atoms with E-state index in [9.17, 15) is 9.59 Å². The summed E-state index contributed by atoms with van der Waals surface area (Å²) in [6.07, 6.45) is 0.815. The average molecular weight is 367 g/mol. The second kappa shape index (κ2) is 9.91. The molecule has 4 heteroatoms. The first-order valence-corrected chi connectivity index (χ1v) is 9.45. The van der Waals surface area contributed by atoms with Crippen molar-refractivity contribution >= 4 is 11.9 Å². The Labute approximate surface area is 161 Å². The molecule has 2 aromatic carbocycles. The lowest BCUT2D eigenvalue weighted by atomic mass is 9.99. The third-order valence-electron chi connectivity index (χ3n) is 4.35. The van der Waals surface area contributed by atoms with Gasteiger partial charge in [0, 0.05) is 12.3 Å². The molecular formula is C23H29NO3. The van der Waals surface area contributed by atoms with Gasteiger partial charge in [0.15, 0.2) is 0 Å². The maximum Gasteiger partial charge on any atom is 0.329 e. The van der Waals surface area contributed by atoms with E-state index in [1.807, 2.05) is 68.4 Å². The van der Waals surface area contributed by atoms with Gasteiger partial charge < -0.3 is 10.1 Å². The van der Waals surface area contributed by atoms with Crippen LogP contribution in [0.4, 0.5) is 0 Å². The molecule has 0 radical (unpaired) electrons. The summed E-state index contributed by atoms with van der Waals surface area (Å²) < 4.78 is 5.35. The smallest absolute Gasteiger partial charge is 0.329 e. The molecule has 0 spiro atoms. The molecule has 0 saturated heterocycles. The monoisotopic (exact) mass is 367 g/mol. The number of hydrogen-bond donors (Lipinski definition) is 1. The summed E-state index contributed by atoms with van der Waals surface area (Å²) in [5.74, 6) is -0.776. The predicted octanol–water partition coefficient (Wildman–Crippen LogP) is 3.85. The second-order valence-electron chi connectivity index (χ2n) is 7.33. The lowest BCUT2D eigenvalue weighted by Crippen LogP contribution is -2.46. The van der Waals surface area contributed by atoms with E-state index < -0.39 is 12.0 Å². The maximum atomic E-state index is 12.7. The minimum Gasteiger partial charge on any atom is -0.461 e. The number of benzene rings is 2. The van der Waals surface area contributed by atoms with E-state index >= 15 is 0 Å². The van der Waals surface area contributed by atoms with E-state index in [-0.39, 0.29) is 17.9 Å². The van der Waals surface area contributed by atoms with E-state index in [0.717, 1.165) is 16.7 Å². The first kappa shape index (κ1) is 20.7. The van der Waals surface area contributed by atoms with Crippen molar-refractivity contribution in [3.63, 3.8) is 0 Å². The van der Waals surface area contributed by atoms with Crippen molar-refractivity contribution in [2.75, 3.05) is 0 Å². The third-order valence-corrected chi connectivity index (χ3v) is 4.35. The van der Waals surface area contributed by atoms with Crippen LogP contribution in [-0.4, -0.2) is 24.0 Å². The Bertz CT molecular complexity index is 738. The third kappa shape index (κ3) is 6.89. The molecule has 2 atom stereocenters.